The molecule has 0 radical (unpaired) electrons. The van der Waals surface area contributed by atoms with Gasteiger partial charge in [-0.3, -0.25) is 4.79 Å². The highest BCUT2D eigenvalue weighted by atomic mass is 19.1. The lowest BCUT2D eigenvalue weighted by molar-refractivity contribution is -0.130. The summed E-state index contributed by atoms with van der Waals surface area (Å²) >= 11 is 0. The molecule has 1 fully saturated rings. The number of nitrogens with zero attached hydrogens (tertiary/aromatic N) is 5. The molecular weight excluding hydrogens is 361 g/mol. The Morgan fingerprint density at radius 3 is 2.61 bits per heavy atom. The van der Waals surface area contributed by atoms with Crippen molar-refractivity contribution in [2.24, 2.45) is 0 Å². The molecule has 1 aromatic carbocycles. The van der Waals surface area contributed by atoms with E-state index in [-0.39, 0.29) is 18.1 Å². The number of aromatic nitrogens is 3. The number of anilines is 1. The van der Waals surface area contributed by atoms with Gasteiger partial charge in [0, 0.05) is 44.1 Å². The van der Waals surface area contributed by atoms with Gasteiger partial charge in [0.2, 0.25) is 17.7 Å². The van der Waals surface area contributed by atoms with Gasteiger partial charge in [-0.1, -0.05) is 6.07 Å². The molecule has 2 aromatic heterocycles. The summed E-state index contributed by atoms with van der Waals surface area (Å²) in [7, 11) is 0. The lowest BCUT2D eigenvalue weighted by Crippen LogP contribution is -2.49. The van der Waals surface area contributed by atoms with Crippen molar-refractivity contribution >= 4 is 11.9 Å². The smallest absolute Gasteiger partial charge is 0.228 e. The van der Waals surface area contributed by atoms with Crippen LogP contribution in [0.3, 0.4) is 0 Å². The lowest BCUT2D eigenvalue weighted by atomic mass is 10.2. The van der Waals surface area contributed by atoms with E-state index < -0.39 is 0 Å². The van der Waals surface area contributed by atoms with E-state index >= 15 is 0 Å². The van der Waals surface area contributed by atoms with Crippen LogP contribution >= 0.6 is 0 Å². The molecule has 144 valence electrons. The standard InChI is InChI=1S/C20H20FN5O2/c1-14-17(24-19(28-14)15-4-2-5-16(21)12-15)13-18(27)25-8-10-26(11-9-25)20-22-6-3-7-23-20/h2-7,12H,8-11,13H2,1H3. The quantitative estimate of drug-likeness (QED) is 0.691. The fourth-order valence-corrected chi connectivity index (χ4v) is 3.20. The van der Waals surface area contributed by atoms with Crippen LogP contribution in [0.5, 0.6) is 0 Å². The van der Waals surface area contributed by atoms with Gasteiger partial charge >= 0.3 is 0 Å². The van der Waals surface area contributed by atoms with E-state index in [1.807, 2.05) is 4.90 Å². The minimum Gasteiger partial charge on any atom is -0.441 e. The first kappa shape index (κ1) is 18.1. The van der Waals surface area contributed by atoms with Crippen molar-refractivity contribution in [3.8, 4) is 11.5 Å². The molecule has 8 heteroatoms. The third kappa shape index (κ3) is 3.85. The summed E-state index contributed by atoms with van der Waals surface area (Å²) < 4.78 is 19.1. The number of rotatable bonds is 4. The second-order valence-electron chi connectivity index (χ2n) is 6.63. The molecular formula is C20H20FN5O2. The maximum absolute atomic E-state index is 13.4. The average molecular weight is 381 g/mol. The zero-order valence-corrected chi connectivity index (χ0v) is 15.5. The van der Waals surface area contributed by atoms with Crippen LogP contribution in [0.15, 0.2) is 47.1 Å². The molecule has 28 heavy (non-hydrogen) atoms. The van der Waals surface area contributed by atoms with Gasteiger partial charge < -0.3 is 14.2 Å². The van der Waals surface area contributed by atoms with Crippen molar-refractivity contribution in [1.29, 1.82) is 0 Å². The molecule has 0 unspecified atom stereocenters. The maximum atomic E-state index is 13.4. The van der Waals surface area contributed by atoms with Crippen molar-refractivity contribution in [3.05, 3.63) is 60.0 Å². The van der Waals surface area contributed by atoms with Crippen LogP contribution in [0.1, 0.15) is 11.5 Å². The second-order valence-corrected chi connectivity index (χ2v) is 6.63. The predicted octanol–water partition coefficient (Wildman–Crippen LogP) is 2.47. The zero-order valence-electron chi connectivity index (χ0n) is 15.5. The summed E-state index contributed by atoms with van der Waals surface area (Å²) in [5, 5.41) is 0. The van der Waals surface area contributed by atoms with Crippen molar-refractivity contribution in [2.75, 3.05) is 31.1 Å². The van der Waals surface area contributed by atoms with Gasteiger partial charge in [-0.2, -0.15) is 0 Å². The number of piperazine rings is 1. The van der Waals surface area contributed by atoms with Crippen LogP contribution in [-0.2, 0) is 11.2 Å². The summed E-state index contributed by atoms with van der Waals surface area (Å²) in [6.07, 6.45) is 3.58. The van der Waals surface area contributed by atoms with Gasteiger partial charge in [-0.25, -0.2) is 19.3 Å². The molecule has 4 rings (SSSR count). The summed E-state index contributed by atoms with van der Waals surface area (Å²) in [4.78, 5) is 29.5. The van der Waals surface area contributed by atoms with Crippen molar-refractivity contribution < 1.29 is 13.6 Å². The first-order valence-corrected chi connectivity index (χ1v) is 9.12. The van der Waals surface area contributed by atoms with Crippen LogP contribution in [0.25, 0.3) is 11.5 Å². The Morgan fingerprint density at radius 2 is 1.89 bits per heavy atom. The fraction of sp³-hybridized carbons (Fsp3) is 0.300. The monoisotopic (exact) mass is 381 g/mol. The number of amides is 1. The van der Waals surface area contributed by atoms with Gasteiger partial charge in [-0.05, 0) is 31.2 Å². The first-order chi connectivity index (χ1) is 13.6. The summed E-state index contributed by atoms with van der Waals surface area (Å²) in [6.45, 7) is 4.34. The highest BCUT2D eigenvalue weighted by Gasteiger charge is 2.24. The van der Waals surface area contributed by atoms with E-state index in [4.69, 9.17) is 4.42 Å². The van der Waals surface area contributed by atoms with E-state index in [1.165, 1.54) is 12.1 Å². The summed E-state index contributed by atoms with van der Waals surface area (Å²) in [5.41, 5.74) is 1.14. The van der Waals surface area contributed by atoms with Gasteiger partial charge in [0.25, 0.3) is 0 Å². The summed E-state index contributed by atoms with van der Waals surface area (Å²) in [5.74, 6) is 1.22. The Bertz CT molecular complexity index is 968. The normalized spacial score (nSPS) is 14.4. The van der Waals surface area contributed by atoms with Crippen LogP contribution in [0, 0.1) is 12.7 Å². The van der Waals surface area contributed by atoms with Gasteiger partial charge in [0.05, 0.1) is 12.1 Å². The number of benzene rings is 1. The summed E-state index contributed by atoms with van der Waals surface area (Å²) in [6, 6.07) is 7.84. The molecule has 7 nitrogen and oxygen atoms in total. The van der Waals surface area contributed by atoms with Crippen molar-refractivity contribution in [3.63, 3.8) is 0 Å². The molecule has 0 bridgehead atoms. The number of halogens is 1. The van der Waals surface area contributed by atoms with E-state index in [0.717, 1.165) is 0 Å². The number of oxazole rings is 1. The SMILES string of the molecule is Cc1oc(-c2cccc(F)c2)nc1CC(=O)N1CCN(c2ncccn2)CC1. The molecule has 3 aromatic rings. The Kier molecular flexibility index (Phi) is 5.01. The predicted molar refractivity (Wildman–Crippen MR) is 101 cm³/mol. The number of carbonyl (C=O) groups excluding carboxylic acids is 1. The average Bonchev–Trinajstić information content (AvgIpc) is 3.09. The fourth-order valence-electron chi connectivity index (χ4n) is 3.20. The largest absolute Gasteiger partial charge is 0.441 e. The first-order valence-electron chi connectivity index (χ1n) is 9.12. The maximum Gasteiger partial charge on any atom is 0.228 e. The number of hydrogen-bond donors (Lipinski definition) is 0. The Balaban J connectivity index is 1.39. The molecule has 0 atom stereocenters. The van der Waals surface area contributed by atoms with Crippen LogP contribution in [0.2, 0.25) is 0 Å². The Hall–Kier alpha value is -3.29. The van der Waals surface area contributed by atoms with Crippen LogP contribution in [0.4, 0.5) is 10.3 Å². The minimum absolute atomic E-state index is 0.00387. The molecule has 3 heterocycles. The molecule has 1 aliphatic heterocycles. The van der Waals surface area contributed by atoms with E-state index in [2.05, 4.69) is 19.9 Å². The van der Waals surface area contributed by atoms with E-state index in [0.29, 0.717) is 55.0 Å². The topological polar surface area (TPSA) is 75.4 Å². The second kappa shape index (κ2) is 7.75. The molecule has 1 aliphatic rings. The molecule has 1 saturated heterocycles. The number of aryl methyl sites for hydroxylation is 1. The van der Waals surface area contributed by atoms with E-state index in [1.54, 1.807) is 37.5 Å². The third-order valence-electron chi connectivity index (χ3n) is 4.75. The molecule has 0 aliphatic carbocycles. The molecule has 0 spiro atoms. The molecule has 0 N–H and O–H groups in total. The number of carbonyl (C=O) groups is 1. The Morgan fingerprint density at radius 1 is 1.14 bits per heavy atom. The third-order valence-corrected chi connectivity index (χ3v) is 4.75. The number of hydrogen-bond acceptors (Lipinski definition) is 6. The van der Waals surface area contributed by atoms with Crippen molar-refractivity contribution in [1.82, 2.24) is 19.9 Å². The van der Waals surface area contributed by atoms with Crippen LogP contribution < -0.4 is 4.90 Å². The lowest BCUT2D eigenvalue weighted by Gasteiger charge is -2.34. The van der Waals surface area contributed by atoms with E-state index in [9.17, 15) is 9.18 Å². The van der Waals surface area contributed by atoms with Gasteiger partial charge in [0.15, 0.2) is 0 Å². The zero-order chi connectivity index (χ0) is 19.5. The van der Waals surface area contributed by atoms with Crippen LogP contribution in [-0.4, -0.2) is 51.9 Å². The van der Waals surface area contributed by atoms with Gasteiger partial charge in [-0.15, -0.1) is 0 Å². The van der Waals surface area contributed by atoms with Crippen molar-refractivity contribution in [2.45, 2.75) is 13.3 Å². The highest BCUT2D eigenvalue weighted by Crippen LogP contribution is 2.23. The Labute approximate surface area is 161 Å². The molecule has 0 saturated carbocycles. The van der Waals surface area contributed by atoms with Gasteiger partial charge in [0.1, 0.15) is 11.6 Å². The highest BCUT2D eigenvalue weighted by molar-refractivity contribution is 5.79. The molecule has 1 amide bonds. The minimum atomic E-state index is -0.355.